The summed E-state index contributed by atoms with van der Waals surface area (Å²) in [6.45, 7) is 1.97. The summed E-state index contributed by atoms with van der Waals surface area (Å²) < 4.78 is 27.9. The zero-order chi connectivity index (χ0) is 14.2. The zero-order valence-corrected chi connectivity index (χ0v) is 12.1. The molecular formula is C14H15BrF2O2. The number of halogens is 3. The standard InChI is InChI=1S/C14H15BrF2O2/c1-8-4-5-14(6-8,13(18)19)7-9-11(16)3-2-10(15)12(9)17/h2-3,8H,4-7H2,1H3,(H,18,19). The molecule has 5 heteroatoms. The molecule has 1 aliphatic rings. The predicted molar refractivity (Wildman–Crippen MR) is 70.8 cm³/mol. The molecule has 0 aliphatic heterocycles. The van der Waals surface area contributed by atoms with Gasteiger partial charge in [-0.1, -0.05) is 6.92 Å². The van der Waals surface area contributed by atoms with Crippen molar-refractivity contribution >= 4 is 21.9 Å². The van der Waals surface area contributed by atoms with E-state index in [9.17, 15) is 18.7 Å². The van der Waals surface area contributed by atoms with E-state index in [0.29, 0.717) is 12.8 Å². The summed E-state index contributed by atoms with van der Waals surface area (Å²) in [4.78, 5) is 11.5. The van der Waals surface area contributed by atoms with Crippen LogP contribution in [0.2, 0.25) is 0 Å². The lowest BCUT2D eigenvalue weighted by atomic mass is 9.79. The van der Waals surface area contributed by atoms with Crippen molar-refractivity contribution in [2.75, 3.05) is 0 Å². The number of aliphatic carboxylic acids is 1. The van der Waals surface area contributed by atoms with E-state index in [1.807, 2.05) is 6.92 Å². The fourth-order valence-electron chi connectivity index (χ4n) is 2.89. The topological polar surface area (TPSA) is 37.3 Å². The van der Waals surface area contributed by atoms with E-state index in [0.717, 1.165) is 12.5 Å². The molecule has 104 valence electrons. The molecule has 1 aliphatic carbocycles. The van der Waals surface area contributed by atoms with Gasteiger partial charge in [0.05, 0.1) is 9.89 Å². The highest BCUT2D eigenvalue weighted by atomic mass is 79.9. The summed E-state index contributed by atoms with van der Waals surface area (Å²) in [6, 6.07) is 2.45. The Morgan fingerprint density at radius 1 is 1.53 bits per heavy atom. The predicted octanol–water partition coefficient (Wildman–Crippen LogP) is 4.16. The lowest BCUT2D eigenvalue weighted by Gasteiger charge is -2.25. The lowest BCUT2D eigenvalue weighted by molar-refractivity contribution is -0.148. The van der Waals surface area contributed by atoms with Crippen molar-refractivity contribution in [3.63, 3.8) is 0 Å². The number of rotatable bonds is 3. The smallest absolute Gasteiger partial charge is 0.309 e. The Balaban J connectivity index is 2.39. The van der Waals surface area contributed by atoms with E-state index in [2.05, 4.69) is 15.9 Å². The molecule has 0 amide bonds. The van der Waals surface area contributed by atoms with Crippen LogP contribution in [-0.4, -0.2) is 11.1 Å². The third-order valence-corrected chi connectivity index (χ3v) is 4.58. The van der Waals surface area contributed by atoms with Gasteiger partial charge in [0.15, 0.2) is 0 Å². The van der Waals surface area contributed by atoms with Crippen molar-refractivity contribution in [1.82, 2.24) is 0 Å². The van der Waals surface area contributed by atoms with Crippen LogP contribution in [0.1, 0.15) is 31.7 Å². The summed E-state index contributed by atoms with van der Waals surface area (Å²) >= 11 is 3.01. The molecule has 1 N–H and O–H groups in total. The largest absolute Gasteiger partial charge is 0.481 e. The van der Waals surface area contributed by atoms with E-state index in [1.165, 1.54) is 6.07 Å². The SMILES string of the molecule is CC1CCC(Cc2c(F)ccc(Br)c2F)(C(=O)O)C1. The Morgan fingerprint density at radius 3 is 2.74 bits per heavy atom. The van der Waals surface area contributed by atoms with Gasteiger partial charge < -0.3 is 5.11 Å². The Hall–Kier alpha value is -0.970. The first-order chi connectivity index (χ1) is 8.85. The van der Waals surface area contributed by atoms with E-state index in [-0.39, 0.29) is 22.4 Å². The molecule has 0 spiro atoms. The summed E-state index contributed by atoms with van der Waals surface area (Å²) in [5, 5.41) is 9.44. The van der Waals surface area contributed by atoms with Crippen LogP contribution in [0.3, 0.4) is 0 Å². The van der Waals surface area contributed by atoms with Gasteiger partial charge >= 0.3 is 5.97 Å². The van der Waals surface area contributed by atoms with E-state index in [4.69, 9.17) is 0 Å². The molecule has 0 bridgehead atoms. The van der Waals surface area contributed by atoms with Crippen molar-refractivity contribution in [3.05, 3.63) is 33.8 Å². The number of carboxylic acid groups (broad SMARTS) is 1. The number of benzene rings is 1. The van der Waals surface area contributed by atoms with Crippen molar-refractivity contribution in [2.24, 2.45) is 11.3 Å². The van der Waals surface area contributed by atoms with Crippen LogP contribution >= 0.6 is 15.9 Å². The van der Waals surface area contributed by atoms with Gasteiger partial charge in [0.25, 0.3) is 0 Å². The van der Waals surface area contributed by atoms with Crippen LogP contribution in [0.25, 0.3) is 0 Å². The fourth-order valence-corrected chi connectivity index (χ4v) is 3.27. The van der Waals surface area contributed by atoms with Crippen LogP contribution < -0.4 is 0 Å². The third-order valence-electron chi connectivity index (χ3n) is 3.96. The molecule has 0 saturated heterocycles. The van der Waals surface area contributed by atoms with Gasteiger partial charge in [-0.2, -0.15) is 0 Å². The Bertz CT molecular complexity index is 518. The first-order valence-electron chi connectivity index (χ1n) is 6.21. The number of carbonyl (C=O) groups is 1. The fraction of sp³-hybridized carbons (Fsp3) is 0.500. The van der Waals surface area contributed by atoms with Crippen LogP contribution in [0.5, 0.6) is 0 Å². The van der Waals surface area contributed by atoms with Gasteiger partial charge in [0.2, 0.25) is 0 Å². The van der Waals surface area contributed by atoms with Crippen molar-refractivity contribution in [1.29, 1.82) is 0 Å². The number of hydrogen-bond donors (Lipinski definition) is 1. The third kappa shape index (κ3) is 2.66. The number of hydrogen-bond acceptors (Lipinski definition) is 1. The Kier molecular flexibility index (Phi) is 3.95. The normalized spacial score (nSPS) is 26.6. The van der Waals surface area contributed by atoms with Gasteiger partial charge in [-0.3, -0.25) is 4.79 Å². The first kappa shape index (κ1) is 14.4. The molecule has 19 heavy (non-hydrogen) atoms. The maximum Gasteiger partial charge on any atom is 0.309 e. The minimum atomic E-state index is -1.04. The molecule has 0 heterocycles. The molecule has 2 unspecified atom stereocenters. The Labute approximate surface area is 118 Å². The molecule has 1 saturated carbocycles. The van der Waals surface area contributed by atoms with Crippen molar-refractivity contribution in [2.45, 2.75) is 32.6 Å². The highest BCUT2D eigenvalue weighted by molar-refractivity contribution is 9.10. The van der Waals surface area contributed by atoms with E-state index in [1.54, 1.807) is 0 Å². The summed E-state index contributed by atoms with van der Waals surface area (Å²) in [5.74, 6) is -2.06. The van der Waals surface area contributed by atoms with Crippen molar-refractivity contribution < 1.29 is 18.7 Å². The van der Waals surface area contributed by atoms with Gasteiger partial charge in [0, 0.05) is 5.56 Å². The first-order valence-corrected chi connectivity index (χ1v) is 7.01. The second-order valence-corrected chi connectivity index (χ2v) is 6.29. The van der Waals surface area contributed by atoms with E-state index < -0.39 is 23.0 Å². The maximum atomic E-state index is 14.0. The summed E-state index contributed by atoms with van der Waals surface area (Å²) in [7, 11) is 0. The molecule has 1 fully saturated rings. The molecule has 0 aromatic heterocycles. The van der Waals surface area contributed by atoms with Gasteiger partial charge in [-0.25, -0.2) is 8.78 Å². The highest BCUT2D eigenvalue weighted by Gasteiger charge is 2.45. The average Bonchev–Trinajstić information content (AvgIpc) is 2.73. The van der Waals surface area contributed by atoms with Crippen molar-refractivity contribution in [3.8, 4) is 0 Å². The monoisotopic (exact) mass is 332 g/mol. The Morgan fingerprint density at radius 2 is 2.21 bits per heavy atom. The molecule has 2 atom stereocenters. The maximum absolute atomic E-state index is 14.0. The van der Waals surface area contributed by atoms with Crippen LogP contribution in [0.4, 0.5) is 8.78 Å². The van der Waals surface area contributed by atoms with Gasteiger partial charge in [-0.15, -0.1) is 0 Å². The molecule has 2 rings (SSSR count). The second kappa shape index (κ2) is 5.19. The van der Waals surface area contributed by atoms with E-state index >= 15 is 0 Å². The number of carboxylic acids is 1. The zero-order valence-electron chi connectivity index (χ0n) is 10.5. The van der Waals surface area contributed by atoms with Gasteiger partial charge in [-0.05, 0) is 59.7 Å². The minimum absolute atomic E-state index is 0.0935. The average molecular weight is 333 g/mol. The second-order valence-electron chi connectivity index (χ2n) is 5.43. The van der Waals surface area contributed by atoms with Crippen LogP contribution in [0.15, 0.2) is 16.6 Å². The lowest BCUT2D eigenvalue weighted by Crippen LogP contribution is -2.31. The molecule has 1 aromatic rings. The molecule has 1 aromatic carbocycles. The quantitative estimate of drug-likeness (QED) is 0.844. The van der Waals surface area contributed by atoms with Crippen LogP contribution in [-0.2, 0) is 11.2 Å². The summed E-state index contributed by atoms with van der Waals surface area (Å²) in [5.41, 5.74) is -1.17. The van der Waals surface area contributed by atoms with Gasteiger partial charge in [0.1, 0.15) is 11.6 Å². The minimum Gasteiger partial charge on any atom is -0.481 e. The van der Waals surface area contributed by atoms with Crippen LogP contribution in [0, 0.1) is 23.0 Å². The molecular weight excluding hydrogens is 318 g/mol. The molecule has 2 nitrogen and oxygen atoms in total. The molecule has 0 radical (unpaired) electrons. The highest BCUT2D eigenvalue weighted by Crippen LogP contribution is 2.45. The summed E-state index contributed by atoms with van der Waals surface area (Å²) in [6.07, 6.45) is 1.62.